The standard InChI is InChI=1S/C22H21N3O5S/c1-5-30-15-9-7-6-8-13(15)12-18-21(26)25-22(31-18)23-20(24-25)14-10-16(27-2)19(29-4)17(11-14)28-3/h6-12H,5H2,1-4H3. The van der Waals surface area contributed by atoms with Crippen LogP contribution >= 0.6 is 11.3 Å². The van der Waals surface area contributed by atoms with Crippen LogP contribution in [0.3, 0.4) is 0 Å². The Morgan fingerprint density at radius 3 is 2.35 bits per heavy atom. The van der Waals surface area contributed by atoms with E-state index in [0.717, 1.165) is 11.3 Å². The number of nitrogens with zero attached hydrogens (tertiary/aromatic N) is 3. The molecule has 2 aromatic carbocycles. The lowest BCUT2D eigenvalue weighted by molar-refractivity contribution is 0.324. The Kier molecular flexibility index (Phi) is 5.77. The molecule has 0 aliphatic carbocycles. The van der Waals surface area contributed by atoms with Gasteiger partial charge in [0, 0.05) is 11.1 Å². The number of rotatable bonds is 7. The average molecular weight is 439 g/mol. The summed E-state index contributed by atoms with van der Waals surface area (Å²) in [5.74, 6) is 2.56. The molecule has 31 heavy (non-hydrogen) atoms. The van der Waals surface area contributed by atoms with Gasteiger partial charge in [0.15, 0.2) is 17.3 Å². The van der Waals surface area contributed by atoms with Crippen molar-refractivity contribution in [2.75, 3.05) is 27.9 Å². The Hall–Kier alpha value is -3.59. The van der Waals surface area contributed by atoms with Gasteiger partial charge in [-0.15, -0.1) is 5.10 Å². The van der Waals surface area contributed by atoms with E-state index in [2.05, 4.69) is 10.1 Å². The SMILES string of the molecule is CCOc1ccccc1C=c1sc2nc(-c3cc(OC)c(OC)c(OC)c3)nn2c1=O. The Morgan fingerprint density at radius 2 is 1.74 bits per heavy atom. The Morgan fingerprint density at radius 1 is 1.03 bits per heavy atom. The molecule has 0 aliphatic rings. The van der Waals surface area contributed by atoms with Crippen molar-refractivity contribution in [3.63, 3.8) is 0 Å². The van der Waals surface area contributed by atoms with Gasteiger partial charge >= 0.3 is 0 Å². The highest BCUT2D eigenvalue weighted by atomic mass is 32.1. The quantitative estimate of drug-likeness (QED) is 0.438. The zero-order valence-corrected chi connectivity index (χ0v) is 18.4. The molecule has 8 nitrogen and oxygen atoms in total. The zero-order chi connectivity index (χ0) is 22.0. The van der Waals surface area contributed by atoms with Crippen molar-refractivity contribution in [2.24, 2.45) is 0 Å². The number of para-hydroxylation sites is 1. The minimum atomic E-state index is -0.238. The monoisotopic (exact) mass is 439 g/mol. The molecule has 0 atom stereocenters. The minimum Gasteiger partial charge on any atom is -0.493 e. The second kappa shape index (κ2) is 8.65. The van der Waals surface area contributed by atoms with E-state index in [-0.39, 0.29) is 5.56 Å². The molecule has 2 aromatic heterocycles. The van der Waals surface area contributed by atoms with Gasteiger partial charge in [-0.2, -0.15) is 9.50 Å². The predicted octanol–water partition coefficient (Wildman–Crippen LogP) is 2.79. The lowest BCUT2D eigenvalue weighted by Gasteiger charge is -2.12. The van der Waals surface area contributed by atoms with Gasteiger partial charge in [-0.25, -0.2) is 0 Å². The lowest BCUT2D eigenvalue weighted by atomic mass is 10.1. The summed E-state index contributed by atoms with van der Waals surface area (Å²) in [5, 5.41) is 4.41. The maximum atomic E-state index is 12.9. The summed E-state index contributed by atoms with van der Waals surface area (Å²) >= 11 is 1.27. The van der Waals surface area contributed by atoms with Gasteiger partial charge in [0.25, 0.3) is 5.56 Å². The molecule has 0 spiro atoms. The van der Waals surface area contributed by atoms with Gasteiger partial charge in [-0.05, 0) is 31.2 Å². The molecule has 0 saturated heterocycles. The van der Waals surface area contributed by atoms with Gasteiger partial charge in [0.05, 0.1) is 32.5 Å². The van der Waals surface area contributed by atoms with Crippen LogP contribution in [0.4, 0.5) is 0 Å². The lowest BCUT2D eigenvalue weighted by Crippen LogP contribution is -2.23. The normalized spacial score (nSPS) is 11.7. The molecule has 0 fully saturated rings. The summed E-state index contributed by atoms with van der Waals surface area (Å²) in [6.45, 7) is 2.46. The summed E-state index contributed by atoms with van der Waals surface area (Å²) < 4.78 is 23.6. The number of aromatic nitrogens is 3. The van der Waals surface area contributed by atoms with Gasteiger partial charge in [0.1, 0.15) is 5.75 Å². The molecule has 0 amide bonds. The van der Waals surface area contributed by atoms with E-state index in [9.17, 15) is 4.79 Å². The van der Waals surface area contributed by atoms with Crippen LogP contribution in [0.2, 0.25) is 0 Å². The van der Waals surface area contributed by atoms with Crippen molar-refractivity contribution in [3.8, 4) is 34.4 Å². The maximum absolute atomic E-state index is 12.9. The first-order chi connectivity index (χ1) is 15.1. The molecule has 0 aliphatic heterocycles. The first-order valence-electron chi connectivity index (χ1n) is 9.53. The second-order valence-corrected chi connectivity index (χ2v) is 7.44. The highest BCUT2D eigenvalue weighted by molar-refractivity contribution is 7.15. The van der Waals surface area contributed by atoms with E-state index in [1.807, 2.05) is 31.2 Å². The summed E-state index contributed by atoms with van der Waals surface area (Å²) in [4.78, 5) is 18.0. The number of benzene rings is 2. The number of ether oxygens (including phenoxy) is 4. The van der Waals surface area contributed by atoms with Gasteiger partial charge in [-0.1, -0.05) is 29.5 Å². The largest absolute Gasteiger partial charge is 0.493 e. The second-order valence-electron chi connectivity index (χ2n) is 6.43. The molecule has 0 bridgehead atoms. The third-order valence-corrected chi connectivity index (χ3v) is 5.57. The van der Waals surface area contributed by atoms with Crippen LogP contribution in [0.25, 0.3) is 22.4 Å². The Labute approximate surface area is 182 Å². The van der Waals surface area contributed by atoms with Crippen LogP contribution in [-0.2, 0) is 0 Å². The van der Waals surface area contributed by atoms with Gasteiger partial charge < -0.3 is 18.9 Å². The number of fused-ring (bicyclic) bond motifs is 1. The molecule has 4 aromatic rings. The maximum Gasteiger partial charge on any atom is 0.291 e. The first kappa shape index (κ1) is 20.7. The molecular formula is C22H21N3O5S. The molecule has 0 saturated carbocycles. The van der Waals surface area contributed by atoms with E-state index in [4.69, 9.17) is 18.9 Å². The van der Waals surface area contributed by atoms with E-state index in [0.29, 0.717) is 44.7 Å². The van der Waals surface area contributed by atoms with Crippen LogP contribution in [0.5, 0.6) is 23.0 Å². The van der Waals surface area contributed by atoms with Gasteiger partial charge in [0.2, 0.25) is 10.7 Å². The fourth-order valence-electron chi connectivity index (χ4n) is 3.19. The molecule has 0 N–H and O–H groups in total. The molecule has 0 unspecified atom stereocenters. The fraction of sp³-hybridized carbons (Fsp3) is 0.227. The van der Waals surface area contributed by atoms with Crippen molar-refractivity contribution in [2.45, 2.75) is 6.92 Å². The van der Waals surface area contributed by atoms with Crippen LogP contribution in [0.15, 0.2) is 41.2 Å². The van der Waals surface area contributed by atoms with Crippen LogP contribution in [-0.4, -0.2) is 42.5 Å². The number of methoxy groups -OCH3 is 3. The molecule has 0 radical (unpaired) electrons. The Balaban J connectivity index is 1.80. The zero-order valence-electron chi connectivity index (χ0n) is 17.5. The molecular weight excluding hydrogens is 418 g/mol. The van der Waals surface area contributed by atoms with Crippen molar-refractivity contribution >= 4 is 22.4 Å². The third kappa shape index (κ3) is 3.79. The highest BCUT2D eigenvalue weighted by Gasteiger charge is 2.18. The van der Waals surface area contributed by atoms with Crippen LogP contribution in [0, 0.1) is 0 Å². The smallest absolute Gasteiger partial charge is 0.291 e. The highest BCUT2D eigenvalue weighted by Crippen LogP contribution is 2.40. The van der Waals surface area contributed by atoms with E-state index < -0.39 is 0 Å². The number of hydrogen-bond acceptors (Lipinski definition) is 8. The van der Waals surface area contributed by atoms with Crippen LogP contribution < -0.4 is 29.0 Å². The van der Waals surface area contributed by atoms with Crippen LogP contribution in [0.1, 0.15) is 12.5 Å². The van der Waals surface area contributed by atoms with Crippen molar-refractivity contribution in [1.82, 2.24) is 14.6 Å². The minimum absolute atomic E-state index is 0.238. The summed E-state index contributed by atoms with van der Waals surface area (Å²) in [6, 6.07) is 11.1. The first-order valence-corrected chi connectivity index (χ1v) is 10.3. The molecule has 2 heterocycles. The molecule has 9 heteroatoms. The third-order valence-electron chi connectivity index (χ3n) is 4.61. The van der Waals surface area contributed by atoms with E-state index >= 15 is 0 Å². The van der Waals surface area contributed by atoms with Crippen molar-refractivity contribution < 1.29 is 18.9 Å². The Bertz CT molecular complexity index is 1320. The summed E-state index contributed by atoms with van der Waals surface area (Å²) in [6.07, 6.45) is 1.80. The molecule has 4 rings (SSSR count). The van der Waals surface area contributed by atoms with Crippen molar-refractivity contribution in [3.05, 3.63) is 56.8 Å². The number of hydrogen-bond donors (Lipinski definition) is 0. The number of thiazole rings is 1. The van der Waals surface area contributed by atoms with Gasteiger partial charge in [-0.3, -0.25) is 4.79 Å². The predicted molar refractivity (Wildman–Crippen MR) is 119 cm³/mol. The topological polar surface area (TPSA) is 84.2 Å². The van der Waals surface area contributed by atoms with E-state index in [1.54, 1.807) is 18.2 Å². The van der Waals surface area contributed by atoms with Crippen molar-refractivity contribution in [1.29, 1.82) is 0 Å². The summed E-state index contributed by atoms with van der Waals surface area (Å²) in [7, 11) is 4.62. The fourth-order valence-corrected chi connectivity index (χ4v) is 4.09. The summed E-state index contributed by atoms with van der Waals surface area (Å²) in [5.41, 5.74) is 1.24. The van der Waals surface area contributed by atoms with E-state index in [1.165, 1.54) is 37.2 Å². The average Bonchev–Trinajstić information content (AvgIpc) is 3.33. The molecule has 160 valence electrons.